The van der Waals surface area contributed by atoms with Crippen LogP contribution in [-0.2, 0) is 46.2 Å². The van der Waals surface area contributed by atoms with Crippen molar-refractivity contribution in [2.45, 2.75) is 175 Å². The third-order valence-corrected chi connectivity index (χ3v) is 8.44. The van der Waals surface area contributed by atoms with E-state index in [9.17, 15) is 0 Å². The van der Waals surface area contributed by atoms with Gasteiger partial charge in [-0.3, -0.25) is 0 Å². The van der Waals surface area contributed by atoms with Crippen molar-refractivity contribution in [2.24, 2.45) is 0 Å². The van der Waals surface area contributed by atoms with Gasteiger partial charge in [0.25, 0.3) is 0 Å². The predicted octanol–water partition coefficient (Wildman–Crippen LogP) is 8.60. The minimum absolute atomic E-state index is 0.604. The second kappa shape index (κ2) is 30.9. The van der Waals surface area contributed by atoms with Crippen molar-refractivity contribution in [2.75, 3.05) is 12.5 Å². The molecule has 2 rings (SSSR count). The fourth-order valence-electron chi connectivity index (χ4n) is 5.90. The van der Waals surface area contributed by atoms with E-state index in [4.69, 9.17) is 25.9 Å². The van der Waals surface area contributed by atoms with Crippen molar-refractivity contribution in [3.8, 4) is 0 Å². The summed E-state index contributed by atoms with van der Waals surface area (Å²) in [5, 5.41) is 0. The maximum atomic E-state index is 9.08. The Labute approximate surface area is 301 Å². The van der Waals surface area contributed by atoms with E-state index in [-0.39, 0.29) is 0 Å². The highest BCUT2D eigenvalue weighted by molar-refractivity contribution is 7.85. The molecule has 0 saturated carbocycles. The smallest absolute Gasteiger partial charge is 0.181 e. The Morgan fingerprint density at radius 3 is 1.00 bits per heavy atom. The number of unbranched alkanes of at least 4 members (excludes halogenated alkanes) is 18. The topological polar surface area (TPSA) is 122 Å². The molecule has 0 bridgehead atoms. The lowest BCUT2D eigenvalue weighted by molar-refractivity contribution is -0.706. The normalized spacial score (nSPS) is 11.4. The summed E-state index contributed by atoms with van der Waals surface area (Å²) in [6.45, 7) is 6.96. The van der Waals surface area contributed by atoms with E-state index >= 15 is 0 Å². The first-order valence-corrected chi connectivity index (χ1v) is 22.7. The van der Waals surface area contributed by atoms with Crippen molar-refractivity contribution < 1.29 is 35.1 Å². The highest BCUT2D eigenvalue weighted by atomic mass is 32.2. The lowest BCUT2D eigenvalue weighted by Crippen LogP contribution is -2.39. The zero-order valence-electron chi connectivity index (χ0n) is 31.5. The van der Waals surface area contributed by atoms with E-state index in [1.807, 2.05) is 0 Å². The van der Waals surface area contributed by atoms with E-state index in [0.717, 1.165) is 0 Å². The number of pyridine rings is 2. The fourth-order valence-corrected chi connectivity index (χ4v) is 5.90. The first kappa shape index (κ1) is 47.1. The van der Waals surface area contributed by atoms with Gasteiger partial charge in [-0.25, -0.2) is 26.0 Å². The third kappa shape index (κ3) is 35.7. The van der Waals surface area contributed by atoms with E-state index < -0.39 is 20.2 Å². The van der Waals surface area contributed by atoms with E-state index in [0.29, 0.717) is 12.5 Å². The van der Waals surface area contributed by atoms with Crippen LogP contribution in [0.1, 0.15) is 160 Å². The summed E-state index contributed by atoms with van der Waals surface area (Å²) in [4.78, 5) is 0. The molecular weight excluding hydrogens is 657 g/mol. The van der Waals surface area contributed by atoms with Crippen molar-refractivity contribution in [3.63, 3.8) is 0 Å². The average molecular weight is 727 g/mol. The zero-order chi connectivity index (χ0) is 36.6. The summed E-state index contributed by atoms with van der Waals surface area (Å²) in [6.07, 6.45) is 37.5. The van der Waals surface area contributed by atoms with Gasteiger partial charge in [0.1, 0.15) is 13.1 Å². The number of aromatic nitrogens is 2. The third-order valence-electron chi connectivity index (χ3n) is 8.44. The van der Waals surface area contributed by atoms with Crippen molar-refractivity contribution >= 4 is 20.2 Å². The largest absolute Gasteiger partial charge is 0.748 e. The Morgan fingerprint density at radius 1 is 0.449 bits per heavy atom. The maximum absolute atomic E-state index is 9.08. The Morgan fingerprint density at radius 2 is 0.714 bits per heavy atom. The van der Waals surface area contributed by atoms with Crippen LogP contribution in [0.2, 0.25) is 0 Å². The van der Waals surface area contributed by atoms with Gasteiger partial charge < -0.3 is 9.11 Å². The SMILES string of the molecule is CCCCCCCCCCCC[n+]1ccccc1CCCc1cccc[n+]1CCCCCCCCCCCC.CS(=O)(=O)[O-].CS(=O)(=O)[O-]. The Kier molecular flexibility index (Phi) is 29.7. The van der Waals surface area contributed by atoms with Gasteiger partial charge >= 0.3 is 0 Å². The summed E-state index contributed by atoms with van der Waals surface area (Å²) < 4.78 is 59.5. The first-order valence-electron chi connectivity index (χ1n) is 19.1. The van der Waals surface area contributed by atoms with E-state index in [2.05, 4.69) is 71.8 Å². The minimum Gasteiger partial charge on any atom is -0.748 e. The van der Waals surface area contributed by atoms with Gasteiger partial charge in [-0.05, 0) is 19.3 Å². The van der Waals surface area contributed by atoms with Crippen LogP contribution in [-0.4, -0.2) is 38.5 Å². The van der Waals surface area contributed by atoms with Crippen LogP contribution in [0, 0.1) is 0 Å². The molecule has 0 N–H and O–H groups in total. The summed E-state index contributed by atoms with van der Waals surface area (Å²) in [7, 11) is -7.83. The lowest BCUT2D eigenvalue weighted by atomic mass is 10.1. The number of aryl methyl sites for hydroxylation is 4. The van der Waals surface area contributed by atoms with Gasteiger partial charge in [-0.1, -0.05) is 129 Å². The van der Waals surface area contributed by atoms with Crippen molar-refractivity contribution in [1.29, 1.82) is 0 Å². The molecule has 0 aliphatic heterocycles. The molecule has 284 valence electrons. The molecule has 0 atom stereocenters. The van der Waals surface area contributed by atoms with Gasteiger partial charge in [0.2, 0.25) is 0 Å². The molecule has 0 aromatic carbocycles. The summed E-state index contributed by atoms with van der Waals surface area (Å²) >= 11 is 0. The fraction of sp³-hybridized carbons (Fsp3) is 0.744. The van der Waals surface area contributed by atoms with Crippen LogP contribution in [0.25, 0.3) is 0 Å². The van der Waals surface area contributed by atoms with Crippen molar-refractivity contribution in [3.05, 3.63) is 60.2 Å². The van der Waals surface area contributed by atoms with Crippen LogP contribution in [0.15, 0.2) is 48.8 Å². The Hall–Kier alpha value is -1.88. The molecular formula is C39H70N2O6S2. The zero-order valence-corrected chi connectivity index (χ0v) is 33.1. The molecule has 8 nitrogen and oxygen atoms in total. The summed E-state index contributed by atoms with van der Waals surface area (Å²) in [5.41, 5.74) is 3.01. The van der Waals surface area contributed by atoms with Gasteiger partial charge in [0, 0.05) is 62.5 Å². The molecule has 0 saturated heterocycles. The number of hydrogen-bond acceptors (Lipinski definition) is 6. The average Bonchev–Trinajstić information content (AvgIpc) is 3.02. The Bertz CT molecular complexity index is 1160. The molecule has 0 radical (unpaired) electrons. The first-order chi connectivity index (χ1) is 23.3. The molecule has 2 aromatic heterocycles. The van der Waals surface area contributed by atoms with Gasteiger partial charge in [-0.15, -0.1) is 0 Å². The minimum atomic E-state index is -3.92. The van der Waals surface area contributed by atoms with Gasteiger partial charge in [0.05, 0.1) is 20.2 Å². The standard InChI is InChI=1S/C37H64N2.2CH4O3S/c1-3-5-7-9-11-13-15-17-19-23-32-38-34-25-21-28-36(38)30-27-31-37-29-22-26-35-39(37)33-24-20-18-16-14-12-10-8-6-4-2;2*1-5(2,3)4/h21-22,25-26,28-29,34-35H,3-20,23-24,27,30-33H2,1-2H3;2*1H3,(H,2,3,4)/q+2;;/p-2. The second-order valence-corrected chi connectivity index (χ2v) is 16.2. The number of rotatable bonds is 26. The maximum Gasteiger partial charge on any atom is 0.181 e. The molecule has 2 aromatic rings. The van der Waals surface area contributed by atoms with Crippen molar-refractivity contribution in [1.82, 2.24) is 0 Å². The highest BCUT2D eigenvalue weighted by Crippen LogP contribution is 2.12. The second-order valence-electron chi connectivity index (χ2n) is 13.4. The van der Waals surface area contributed by atoms with E-state index in [1.54, 1.807) is 0 Å². The Balaban J connectivity index is 0.00000201. The molecule has 0 aliphatic carbocycles. The number of nitrogens with zero attached hydrogens (tertiary/aromatic N) is 2. The summed E-state index contributed by atoms with van der Waals surface area (Å²) in [5.74, 6) is 0. The molecule has 0 fully saturated rings. The monoisotopic (exact) mass is 726 g/mol. The lowest BCUT2D eigenvalue weighted by Gasteiger charge is -2.06. The molecule has 0 aliphatic rings. The number of hydrogen-bond donors (Lipinski definition) is 0. The molecule has 49 heavy (non-hydrogen) atoms. The molecule has 0 unspecified atom stereocenters. The quantitative estimate of drug-likeness (QED) is 0.0544. The predicted molar refractivity (Wildman–Crippen MR) is 200 cm³/mol. The van der Waals surface area contributed by atoms with Crippen LogP contribution in [0.3, 0.4) is 0 Å². The van der Waals surface area contributed by atoms with Gasteiger partial charge in [-0.2, -0.15) is 0 Å². The van der Waals surface area contributed by atoms with Crippen LogP contribution >= 0.6 is 0 Å². The van der Waals surface area contributed by atoms with Crippen LogP contribution < -0.4 is 9.13 Å². The van der Waals surface area contributed by atoms with Gasteiger partial charge in [0.15, 0.2) is 23.8 Å². The van der Waals surface area contributed by atoms with Crippen LogP contribution in [0.4, 0.5) is 0 Å². The van der Waals surface area contributed by atoms with E-state index in [1.165, 1.54) is 172 Å². The molecule has 2 heterocycles. The molecule has 0 amide bonds. The highest BCUT2D eigenvalue weighted by Gasteiger charge is 2.13. The molecule has 0 spiro atoms. The molecule has 10 heteroatoms. The summed E-state index contributed by atoms with van der Waals surface area (Å²) in [6, 6.07) is 13.5. The van der Waals surface area contributed by atoms with Crippen LogP contribution in [0.5, 0.6) is 0 Å².